The molecule has 23 heavy (non-hydrogen) atoms. The van der Waals surface area contributed by atoms with E-state index >= 15 is 0 Å². The van der Waals surface area contributed by atoms with Crippen molar-refractivity contribution >= 4 is 23.3 Å². The number of phenolic OH excluding ortho intramolecular Hbond substituents is 1. The zero-order valence-electron chi connectivity index (χ0n) is 12.2. The number of fused-ring (bicyclic) bond motifs is 1. The second-order valence-corrected chi connectivity index (χ2v) is 4.65. The SMILES string of the molecule is C=CCOC(=O)NCCc1cc(=O)oc2c(C=O)c(O)ccc12. The van der Waals surface area contributed by atoms with Gasteiger partial charge in [-0.05, 0) is 24.1 Å². The number of carbonyl (C=O) groups is 2. The van der Waals surface area contributed by atoms with Crippen LogP contribution in [0.2, 0.25) is 0 Å². The highest BCUT2D eigenvalue weighted by Gasteiger charge is 2.13. The fourth-order valence-electron chi connectivity index (χ4n) is 2.11. The average molecular weight is 317 g/mol. The van der Waals surface area contributed by atoms with Crippen LogP contribution in [-0.2, 0) is 11.2 Å². The van der Waals surface area contributed by atoms with Gasteiger partial charge in [0.15, 0.2) is 11.9 Å². The minimum absolute atomic E-state index is 0.0248. The van der Waals surface area contributed by atoms with Gasteiger partial charge in [0.05, 0.1) is 5.56 Å². The van der Waals surface area contributed by atoms with Crippen molar-refractivity contribution in [2.75, 3.05) is 13.2 Å². The highest BCUT2D eigenvalue weighted by Crippen LogP contribution is 2.26. The Morgan fingerprint density at radius 1 is 1.43 bits per heavy atom. The van der Waals surface area contributed by atoms with Gasteiger partial charge in [0.25, 0.3) is 0 Å². The summed E-state index contributed by atoms with van der Waals surface area (Å²) in [5, 5.41) is 12.7. The summed E-state index contributed by atoms with van der Waals surface area (Å²) >= 11 is 0. The molecule has 0 atom stereocenters. The van der Waals surface area contributed by atoms with E-state index in [1.165, 1.54) is 18.2 Å². The number of hydrogen-bond acceptors (Lipinski definition) is 6. The van der Waals surface area contributed by atoms with E-state index < -0.39 is 11.7 Å². The van der Waals surface area contributed by atoms with Crippen molar-refractivity contribution in [1.29, 1.82) is 0 Å². The van der Waals surface area contributed by atoms with Gasteiger partial charge < -0.3 is 19.6 Å². The molecule has 0 radical (unpaired) electrons. The maximum Gasteiger partial charge on any atom is 0.407 e. The summed E-state index contributed by atoms with van der Waals surface area (Å²) in [6, 6.07) is 4.18. The van der Waals surface area contributed by atoms with Crippen LogP contribution in [0, 0.1) is 0 Å². The Kier molecular flexibility index (Phi) is 5.14. The maximum atomic E-state index is 11.6. The third-order valence-corrected chi connectivity index (χ3v) is 3.13. The molecule has 1 amide bonds. The lowest BCUT2D eigenvalue weighted by atomic mass is 10.0. The standard InChI is InChI=1S/C16H15NO6/c1-2-7-22-16(21)17-6-5-10-8-14(20)23-15-11(10)3-4-13(19)12(15)9-18/h2-4,8-9,19H,1,5-7H2,(H,17,21). The zero-order chi connectivity index (χ0) is 16.8. The second-order valence-electron chi connectivity index (χ2n) is 4.65. The summed E-state index contributed by atoms with van der Waals surface area (Å²) in [5.41, 5.74) is -0.115. The topological polar surface area (TPSA) is 106 Å². The van der Waals surface area contributed by atoms with Crippen molar-refractivity contribution in [3.8, 4) is 5.75 Å². The van der Waals surface area contributed by atoms with Gasteiger partial charge in [-0.2, -0.15) is 0 Å². The molecule has 2 aromatic rings. The van der Waals surface area contributed by atoms with E-state index in [4.69, 9.17) is 9.15 Å². The summed E-state index contributed by atoms with van der Waals surface area (Å²) in [7, 11) is 0. The third kappa shape index (κ3) is 3.76. The van der Waals surface area contributed by atoms with Crippen molar-refractivity contribution < 1.29 is 23.8 Å². The van der Waals surface area contributed by atoms with Crippen molar-refractivity contribution in [1.82, 2.24) is 5.32 Å². The Morgan fingerprint density at radius 3 is 2.91 bits per heavy atom. The molecule has 0 aliphatic carbocycles. The number of amides is 1. The maximum absolute atomic E-state index is 11.6. The normalized spacial score (nSPS) is 10.3. The quantitative estimate of drug-likeness (QED) is 0.478. The Bertz CT molecular complexity index is 808. The van der Waals surface area contributed by atoms with E-state index in [0.29, 0.717) is 23.7 Å². The van der Waals surface area contributed by atoms with Crippen LogP contribution in [0.3, 0.4) is 0 Å². The lowest BCUT2D eigenvalue weighted by Crippen LogP contribution is -2.26. The summed E-state index contributed by atoms with van der Waals surface area (Å²) in [6.45, 7) is 3.76. The first-order chi connectivity index (χ1) is 11.1. The Morgan fingerprint density at radius 2 is 2.22 bits per heavy atom. The molecule has 1 aromatic heterocycles. The first kappa shape index (κ1) is 16.3. The van der Waals surface area contributed by atoms with Crippen LogP contribution in [0.25, 0.3) is 11.0 Å². The summed E-state index contributed by atoms with van der Waals surface area (Å²) < 4.78 is 9.78. The number of phenols is 1. The zero-order valence-corrected chi connectivity index (χ0v) is 12.2. The molecule has 120 valence electrons. The number of aromatic hydroxyl groups is 1. The minimum Gasteiger partial charge on any atom is -0.507 e. The molecular weight excluding hydrogens is 302 g/mol. The van der Waals surface area contributed by atoms with E-state index in [1.807, 2.05) is 0 Å². The lowest BCUT2D eigenvalue weighted by molar-refractivity contribution is 0.112. The minimum atomic E-state index is -0.643. The molecule has 7 nitrogen and oxygen atoms in total. The molecule has 0 unspecified atom stereocenters. The van der Waals surface area contributed by atoms with E-state index in [1.54, 1.807) is 6.07 Å². The molecular formula is C16H15NO6. The first-order valence-electron chi connectivity index (χ1n) is 6.82. The van der Waals surface area contributed by atoms with Crippen LogP contribution in [0.1, 0.15) is 15.9 Å². The lowest BCUT2D eigenvalue weighted by Gasteiger charge is -2.08. The number of hydrogen-bond donors (Lipinski definition) is 2. The fourth-order valence-corrected chi connectivity index (χ4v) is 2.11. The number of aldehydes is 1. The van der Waals surface area contributed by atoms with Gasteiger partial charge in [-0.1, -0.05) is 12.7 Å². The molecule has 7 heteroatoms. The van der Waals surface area contributed by atoms with Crippen LogP contribution in [0.5, 0.6) is 5.75 Å². The van der Waals surface area contributed by atoms with E-state index in [-0.39, 0.29) is 30.0 Å². The van der Waals surface area contributed by atoms with Crippen molar-refractivity contribution in [2.45, 2.75) is 6.42 Å². The second kappa shape index (κ2) is 7.26. The van der Waals surface area contributed by atoms with Gasteiger partial charge in [-0.15, -0.1) is 0 Å². The van der Waals surface area contributed by atoms with E-state index in [0.717, 1.165) is 0 Å². The molecule has 0 saturated heterocycles. The van der Waals surface area contributed by atoms with Gasteiger partial charge in [-0.3, -0.25) is 4.79 Å². The Balaban J connectivity index is 2.24. The number of nitrogens with one attached hydrogen (secondary N) is 1. The highest BCUT2D eigenvalue weighted by molar-refractivity contribution is 5.98. The van der Waals surface area contributed by atoms with E-state index in [2.05, 4.69) is 11.9 Å². The molecule has 0 saturated carbocycles. The molecule has 0 bridgehead atoms. The number of ether oxygens (including phenoxy) is 1. The van der Waals surface area contributed by atoms with Gasteiger partial charge in [0, 0.05) is 18.0 Å². The van der Waals surface area contributed by atoms with Crippen LogP contribution in [0.15, 0.2) is 40.1 Å². The summed E-state index contributed by atoms with van der Waals surface area (Å²) in [4.78, 5) is 34.0. The largest absolute Gasteiger partial charge is 0.507 e. The average Bonchev–Trinajstić information content (AvgIpc) is 2.52. The Hall–Kier alpha value is -3.09. The number of rotatable bonds is 6. The molecule has 2 rings (SSSR count). The molecule has 0 aliphatic heterocycles. The molecule has 1 aromatic carbocycles. The van der Waals surface area contributed by atoms with Crippen LogP contribution >= 0.6 is 0 Å². The van der Waals surface area contributed by atoms with Gasteiger partial charge in [0.2, 0.25) is 0 Å². The molecule has 0 aliphatic rings. The monoisotopic (exact) mass is 317 g/mol. The third-order valence-electron chi connectivity index (χ3n) is 3.13. The van der Waals surface area contributed by atoms with Gasteiger partial charge in [-0.25, -0.2) is 9.59 Å². The first-order valence-corrected chi connectivity index (χ1v) is 6.82. The van der Waals surface area contributed by atoms with Crippen molar-refractivity contribution in [2.24, 2.45) is 0 Å². The van der Waals surface area contributed by atoms with Crippen LogP contribution in [-0.4, -0.2) is 30.6 Å². The van der Waals surface area contributed by atoms with Crippen molar-refractivity contribution in [3.05, 3.63) is 52.4 Å². The van der Waals surface area contributed by atoms with Crippen LogP contribution in [0.4, 0.5) is 4.79 Å². The number of benzene rings is 1. The van der Waals surface area contributed by atoms with Crippen LogP contribution < -0.4 is 10.9 Å². The predicted octanol–water partition coefficient (Wildman–Crippen LogP) is 1.77. The molecule has 1 heterocycles. The molecule has 0 spiro atoms. The predicted molar refractivity (Wildman–Crippen MR) is 82.8 cm³/mol. The number of carbonyl (C=O) groups excluding carboxylic acids is 2. The summed E-state index contributed by atoms with van der Waals surface area (Å²) in [6.07, 6.45) is 1.61. The Labute approximate surface area is 131 Å². The van der Waals surface area contributed by atoms with Gasteiger partial charge >= 0.3 is 11.7 Å². The van der Waals surface area contributed by atoms with Gasteiger partial charge in [0.1, 0.15) is 12.4 Å². The smallest absolute Gasteiger partial charge is 0.407 e. The highest BCUT2D eigenvalue weighted by atomic mass is 16.5. The number of alkyl carbamates (subject to hydrolysis) is 1. The fraction of sp³-hybridized carbons (Fsp3) is 0.188. The summed E-state index contributed by atoms with van der Waals surface area (Å²) in [5.74, 6) is -0.265. The van der Waals surface area contributed by atoms with E-state index in [9.17, 15) is 19.5 Å². The van der Waals surface area contributed by atoms with Crippen molar-refractivity contribution in [3.63, 3.8) is 0 Å². The molecule has 2 N–H and O–H groups in total. The molecule has 0 fully saturated rings.